The summed E-state index contributed by atoms with van der Waals surface area (Å²) >= 11 is 0. The normalized spacial score (nSPS) is 13.6. The Kier molecular flexibility index (Phi) is 9.80. The van der Waals surface area contributed by atoms with Crippen LogP contribution in [0.2, 0.25) is 0 Å². The van der Waals surface area contributed by atoms with Crippen LogP contribution in [0.3, 0.4) is 0 Å². The quantitative estimate of drug-likeness (QED) is 0.346. The fourth-order valence-electron chi connectivity index (χ4n) is 4.90. The van der Waals surface area contributed by atoms with Gasteiger partial charge in [0.05, 0.1) is 26.4 Å². The van der Waals surface area contributed by atoms with Gasteiger partial charge in [0, 0.05) is 49.7 Å². The molecule has 3 aromatic rings. The minimum absolute atomic E-state index is 0.201. The Morgan fingerprint density at radius 2 is 1.56 bits per heavy atom. The van der Waals surface area contributed by atoms with E-state index >= 15 is 0 Å². The highest BCUT2D eigenvalue weighted by Gasteiger charge is 2.24. The first-order valence-electron chi connectivity index (χ1n) is 13.2. The van der Waals surface area contributed by atoms with Crippen molar-refractivity contribution >= 4 is 23.2 Å². The second-order valence-corrected chi connectivity index (χ2v) is 9.66. The molecule has 8 heteroatoms. The molecular weight excluding hydrogens is 494 g/mol. The van der Waals surface area contributed by atoms with Gasteiger partial charge in [0.25, 0.3) is 11.8 Å². The molecule has 0 atom stereocenters. The van der Waals surface area contributed by atoms with E-state index in [0.717, 1.165) is 38.0 Å². The molecule has 206 valence electrons. The number of benzene rings is 3. The number of ether oxygens (including phenoxy) is 3. The van der Waals surface area contributed by atoms with Gasteiger partial charge in [-0.2, -0.15) is 0 Å². The molecule has 4 rings (SSSR count). The predicted octanol–water partition coefficient (Wildman–Crippen LogP) is 4.79. The molecule has 1 heterocycles. The van der Waals surface area contributed by atoms with Gasteiger partial charge in [-0.15, -0.1) is 0 Å². The highest BCUT2D eigenvalue weighted by molar-refractivity contribution is 6.06. The van der Waals surface area contributed by atoms with E-state index in [4.69, 9.17) is 14.2 Å². The topological polar surface area (TPSA) is 89.1 Å². The van der Waals surface area contributed by atoms with Crippen molar-refractivity contribution < 1.29 is 23.8 Å². The van der Waals surface area contributed by atoms with Crippen molar-refractivity contribution in [2.75, 3.05) is 57.8 Å². The molecule has 1 aliphatic heterocycles. The zero-order chi connectivity index (χ0) is 27.6. The van der Waals surface area contributed by atoms with Crippen molar-refractivity contribution in [3.63, 3.8) is 0 Å². The Labute approximate surface area is 230 Å². The first-order valence-corrected chi connectivity index (χ1v) is 13.2. The fraction of sp³-hybridized carbons (Fsp3) is 0.355. The summed E-state index contributed by atoms with van der Waals surface area (Å²) in [7, 11) is 4.67. The number of hydrogen-bond donors (Lipinski definition) is 2. The van der Waals surface area contributed by atoms with Crippen molar-refractivity contribution in [1.29, 1.82) is 0 Å². The summed E-state index contributed by atoms with van der Waals surface area (Å²) in [5.41, 5.74) is 3.67. The molecule has 0 spiro atoms. The highest BCUT2D eigenvalue weighted by atomic mass is 16.5. The standard InChI is InChI=1S/C31H37N3O5/c1-37-16-13-32-31(36)28-20-25(33-30(35)24-18-26(38-2)21-27(19-24)39-3)9-10-29(28)34-14-11-23(12-15-34)17-22-7-5-4-6-8-22/h4-10,18-21,23H,11-17H2,1-3H3,(H,32,36)(H,33,35). The Morgan fingerprint density at radius 3 is 2.21 bits per heavy atom. The van der Waals surface area contributed by atoms with E-state index in [1.807, 2.05) is 18.2 Å². The molecule has 1 aliphatic rings. The molecule has 0 aromatic heterocycles. The maximum Gasteiger partial charge on any atom is 0.255 e. The summed E-state index contributed by atoms with van der Waals surface area (Å²) in [6.07, 6.45) is 3.17. The second-order valence-electron chi connectivity index (χ2n) is 9.66. The molecule has 3 aromatic carbocycles. The average Bonchev–Trinajstić information content (AvgIpc) is 2.98. The van der Waals surface area contributed by atoms with Gasteiger partial charge in [0.1, 0.15) is 11.5 Å². The monoisotopic (exact) mass is 531 g/mol. The largest absolute Gasteiger partial charge is 0.497 e. The van der Waals surface area contributed by atoms with Gasteiger partial charge in [0.15, 0.2) is 0 Å². The third-order valence-electron chi connectivity index (χ3n) is 7.03. The average molecular weight is 532 g/mol. The van der Waals surface area contributed by atoms with Crippen molar-refractivity contribution in [3.05, 3.63) is 83.4 Å². The lowest BCUT2D eigenvalue weighted by atomic mass is 9.89. The third kappa shape index (κ3) is 7.51. The van der Waals surface area contributed by atoms with Gasteiger partial charge < -0.3 is 29.7 Å². The van der Waals surface area contributed by atoms with Crippen LogP contribution >= 0.6 is 0 Å². The van der Waals surface area contributed by atoms with Gasteiger partial charge >= 0.3 is 0 Å². The first-order chi connectivity index (χ1) is 19.0. The van der Waals surface area contributed by atoms with Crippen LogP contribution in [-0.2, 0) is 11.2 Å². The second kappa shape index (κ2) is 13.7. The Hall–Kier alpha value is -4.04. The number of methoxy groups -OCH3 is 3. The number of carbonyl (C=O) groups excluding carboxylic acids is 2. The summed E-state index contributed by atoms with van der Waals surface area (Å²) < 4.78 is 15.7. The number of rotatable bonds is 11. The van der Waals surface area contributed by atoms with Crippen molar-refractivity contribution in [2.24, 2.45) is 5.92 Å². The zero-order valence-corrected chi connectivity index (χ0v) is 22.9. The fourth-order valence-corrected chi connectivity index (χ4v) is 4.90. The van der Waals surface area contributed by atoms with Gasteiger partial charge in [-0.25, -0.2) is 0 Å². The SMILES string of the molecule is COCCNC(=O)c1cc(NC(=O)c2cc(OC)cc(OC)c2)ccc1N1CCC(Cc2ccccc2)CC1. The Morgan fingerprint density at radius 1 is 0.872 bits per heavy atom. The molecule has 0 saturated carbocycles. The third-order valence-corrected chi connectivity index (χ3v) is 7.03. The lowest BCUT2D eigenvalue weighted by Crippen LogP contribution is -2.36. The van der Waals surface area contributed by atoms with Gasteiger partial charge in [-0.3, -0.25) is 9.59 Å². The number of nitrogens with one attached hydrogen (secondary N) is 2. The number of carbonyl (C=O) groups is 2. The van der Waals surface area contributed by atoms with Crippen molar-refractivity contribution in [1.82, 2.24) is 5.32 Å². The summed E-state index contributed by atoms with van der Waals surface area (Å²) in [6.45, 7) is 2.55. The number of nitrogens with zero attached hydrogens (tertiary/aromatic N) is 1. The van der Waals surface area contributed by atoms with E-state index in [1.165, 1.54) is 19.8 Å². The lowest BCUT2D eigenvalue weighted by Gasteiger charge is -2.35. The van der Waals surface area contributed by atoms with E-state index in [1.54, 1.807) is 31.4 Å². The van der Waals surface area contributed by atoms with Crippen LogP contribution in [0.1, 0.15) is 39.1 Å². The molecule has 1 saturated heterocycles. The van der Waals surface area contributed by atoms with Crippen molar-refractivity contribution in [3.8, 4) is 11.5 Å². The minimum atomic E-state index is -0.326. The number of hydrogen-bond acceptors (Lipinski definition) is 6. The lowest BCUT2D eigenvalue weighted by molar-refractivity contribution is 0.0936. The Balaban J connectivity index is 1.51. The number of anilines is 2. The molecule has 2 amide bonds. The molecule has 8 nitrogen and oxygen atoms in total. The predicted molar refractivity (Wildman–Crippen MR) is 153 cm³/mol. The summed E-state index contributed by atoms with van der Waals surface area (Å²) in [5, 5.41) is 5.84. The van der Waals surface area contributed by atoms with Crippen LogP contribution in [0, 0.1) is 5.92 Å². The van der Waals surface area contributed by atoms with Crippen molar-refractivity contribution in [2.45, 2.75) is 19.3 Å². The van der Waals surface area contributed by atoms with E-state index in [-0.39, 0.29) is 11.8 Å². The maximum absolute atomic E-state index is 13.2. The highest BCUT2D eigenvalue weighted by Crippen LogP contribution is 2.31. The molecule has 1 fully saturated rings. The van der Waals surface area contributed by atoms with Crippen LogP contribution in [0.5, 0.6) is 11.5 Å². The smallest absolute Gasteiger partial charge is 0.255 e. The molecule has 39 heavy (non-hydrogen) atoms. The van der Waals surface area contributed by atoms with Crippen LogP contribution < -0.4 is 25.0 Å². The van der Waals surface area contributed by atoms with Gasteiger partial charge in [-0.1, -0.05) is 30.3 Å². The molecule has 0 radical (unpaired) electrons. The summed E-state index contributed by atoms with van der Waals surface area (Å²) in [4.78, 5) is 28.6. The van der Waals surface area contributed by atoms with E-state index in [0.29, 0.717) is 47.4 Å². The van der Waals surface area contributed by atoms with Gasteiger partial charge in [0.2, 0.25) is 0 Å². The Bertz CT molecular complexity index is 1230. The van der Waals surface area contributed by atoms with Crippen LogP contribution in [0.25, 0.3) is 0 Å². The molecule has 0 aliphatic carbocycles. The molecule has 2 N–H and O–H groups in total. The van der Waals surface area contributed by atoms with Crippen LogP contribution in [0.4, 0.5) is 11.4 Å². The van der Waals surface area contributed by atoms with Gasteiger partial charge in [-0.05, 0) is 61.1 Å². The van der Waals surface area contributed by atoms with Crippen LogP contribution in [0.15, 0.2) is 66.7 Å². The molecule has 0 unspecified atom stereocenters. The van der Waals surface area contributed by atoms with E-state index in [2.05, 4.69) is 39.8 Å². The zero-order valence-electron chi connectivity index (χ0n) is 22.9. The maximum atomic E-state index is 13.2. The molecular formula is C31H37N3O5. The first kappa shape index (κ1) is 28.0. The number of piperidine rings is 1. The number of amides is 2. The van der Waals surface area contributed by atoms with E-state index in [9.17, 15) is 9.59 Å². The summed E-state index contributed by atoms with van der Waals surface area (Å²) in [5.74, 6) is 1.12. The van der Waals surface area contributed by atoms with Crippen LogP contribution in [-0.4, -0.2) is 59.4 Å². The molecule has 0 bridgehead atoms. The van der Waals surface area contributed by atoms with E-state index < -0.39 is 0 Å². The summed E-state index contributed by atoms with van der Waals surface area (Å²) in [6, 6.07) is 21.1. The minimum Gasteiger partial charge on any atom is -0.497 e.